The fraction of sp³-hybridized carbons (Fsp3) is 0.333. The Bertz CT molecular complexity index is 1060. The molecule has 1 aromatic carbocycles. The normalized spacial score (nSPS) is 13.4. The van der Waals surface area contributed by atoms with Crippen LogP contribution < -0.4 is 16.0 Å². The predicted molar refractivity (Wildman–Crippen MR) is 132 cm³/mol. The summed E-state index contributed by atoms with van der Waals surface area (Å²) in [7, 11) is 0. The van der Waals surface area contributed by atoms with Gasteiger partial charge in [-0.2, -0.15) is 0 Å². The molecule has 1 aliphatic rings. The molecule has 1 saturated carbocycles. The first-order valence-corrected chi connectivity index (χ1v) is 11.8. The van der Waals surface area contributed by atoms with Crippen molar-refractivity contribution >= 4 is 53.0 Å². The van der Waals surface area contributed by atoms with Crippen molar-refractivity contribution in [3.63, 3.8) is 0 Å². The predicted octanol–water partition coefficient (Wildman–Crippen LogP) is 3.65. The third-order valence-corrected chi connectivity index (χ3v) is 5.37. The van der Waals surface area contributed by atoms with E-state index >= 15 is 0 Å². The summed E-state index contributed by atoms with van der Waals surface area (Å²) in [6, 6.07) is 4.94. The molecule has 1 aromatic heterocycles. The quantitative estimate of drug-likeness (QED) is 0.350. The van der Waals surface area contributed by atoms with Crippen LogP contribution in [0.5, 0.6) is 0 Å². The number of furan rings is 1. The molecule has 11 heteroatoms. The minimum Gasteiger partial charge on any atom is -0.480 e. The van der Waals surface area contributed by atoms with Gasteiger partial charge in [0.25, 0.3) is 5.91 Å². The molecule has 4 N–H and O–H groups in total. The van der Waals surface area contributed by atoms with Crippen LogP contribution in [-0.4, -0.2) is 41.4 Å². The van der Waals surface area contributed by atoms with Crippen LogP contribution in [0.4, 0.5) is 0 Å². The number of nitrogens with one attached hydrogen (secondary N) is 3. The van der Waals surface area contributed by atoms with E-state index in [4.69, 9.17) is 27.6 Å². The Morgan fingerprint density at radius 2 is 1.80 bits per heavy atom. The van der Waals surface area contributed by atoms with Gasteiger partial charge in [-0.05, 0) is 48.7 Å². The third-order valence-electron chi connectivity index (χ3n) is 4.77. The van der Waals surface area contributed by atoms with Crippen LogP contribution >= 0.6 is 23.2 Å². The number of hydrogen-bond donors (Lipinski definition) is 4. The zero-order valence-electron chi connectivity index (χ0n) is 19.3. The van der Waals surface area contributed by atoms with Gasteiger partial charge in [0.15, 0.2) is 0 Å². The molecule has 1 heterocycles. The number of aliphatic carboxylic acids is 1. The molecule has 3 rings (SSSR count). The van der Waals surface area contributed by atoms with E-state index < -0.39 is 17.9 Å². The fourth-order valence-corrected chi connectivity index (χ4v) is 3.56. The number of hydrogen-bond acceptors (Lipinski definition) is 5. The summed E-state index contributed by atoms with van der Waals surface area (Å²) >= 11 is 12.4. The maximum Gasteiger partial charge on any atom is 0.328 e. The van der Waals surface area contributed by atoms with Gasteiger partial charge in [0.05, 0.1) is 21.9 Å². The number of carbonyl (C=O) groups excluding carboxylic acids is 3. The van der Waals surface area contributed by atoms with Crippen molar-refractivity contribution in [3.05, 3.63) is 63.5 Å². The van der Waals surface area contributed by atoms with E-state index in [1.54, 1.807) is 12.1 Å². The van der Waals surface area contributed by atoms with E-state index in [0.717, 1.165) is 12.8 Å². The van der Waals surface area contributed by atoms with E-state index in [9.17, 15) is 24.3 Å². The number of carbonyl (C=O) groups is 4. The van der Waals surface area contributed by atoms with Crippen molar-refractivity contribution < 1.29 is 28.7 Å². The number of rotatable bonds is 10. The van der Waals surface area contributed by atoms with E-state index in [2.05, 4.69) is 16.0 Å². The molecule has 1 fully saturated rings. The highest BCUT2D eigenvalue weighted by molar-refractivity contribution is 6.39. The van der Waals surface area contributed by atoms with Gasteiger partial charge in [0.2, 0.25) is 11.8 Å². The molecule has 0 unspecified atom stereocenters. The standard InChI is InChI=1S/C22H21Cl2N3O6.C2H6/c23-15-8-12(10-25-18(28)6-5-14-2-1-7-33-14)9-16(24)19(15)21(30)27-17(22(31)32)11-26-20(29)13-3-4-13;1-2/h1-2,5-9,13,17H,3-4,10-11H2,(H,25,28)(H,26,29)(H,27,30)(H,31,32);1-2H3/b6-5+;/t17-;/m0./s1. The molecule has 2 aromatic rings. The lowest BCUT2D eigenvalue weighted by atomic mass is 10.1. The summed E-state index contributed by atoms with van der Waals surface area (Å²) in [6.45, 7) is 3.83. The van der Waals surface area contributed by atoms with E-state index in [0.29, 0.717) is 11.3 Å². The van der Waals surface area contributed by atoms with Crippen LogP contribution in [0.1, 0.15) is 48.4 Å². The molecular formula is C24H27Cl2N3O6. The summed E-state index contributed by atoms with van der Waals surface area (Å²) in [5.74, 6) is -2.29. The van der Waals surface area contributed by atoms with Gasteiger partial charge in [0.1, 0.15) is 11.8 Å². The lowest BCUT2D eigenvalue weighted by molar-refractivity contribution is -0.139. The minimum atomic E-state index is -1.35. The molecule has 0 radical (unpaired) electrons. The van der Waals surface area contributed by atoms with Crippen LogP contribution in [0.3, 0.4) is 0 Å². The van der Waals surface area contributed by atoms with Gasteiger partial charge < -0.3 is 25.5 Å². The van der Waals surface area contributed by atoms with Crippen LogP contribution in [0.25, 0.3) is 6.08 Å². The number of carboxylic acids is 1. The first-order chi connectivity index (χ1) is 16.7. The first kappa shape index (κ1) is 27.9. The molecule has 1 aliphatic carbocycles. The van der Waals surface area contributed by atoms with Gasteiger partial charge in [0, 0.05) is 25.1 Å². The highest BCUT2D eigenvalue weighted by atomic mass is 35.5. The summed E-state index contributed by atoms with van der Waals surface area (Å²) in [5, 5.41) is 16.8. The van der Waals surface area contributed by atoms with Crippen LogP contribution in [0, 0.1) is 5.92 Å². The van der Waals surface area contributed by atoms with Crippen molar-refractivity contribution in [2.24, 2.45) is 5.92 Å². The molecule has 35 heavy (non-hydrogen) atoms. The maximum absolute atomic E-state index is 12.6. The highest BCUT2D eigenvalue weighted by Crippen LogP contribution is 2.29. The van der Waals surface area contributed by atoms with Gasteiger partial charge >= 0.3 is 5.97 Å². The molecule has 188 valence electrons. The second-order valence-corrected chi connectivity index (χ2v) is 8.20. The van der Waals surface area contributed by atoms with Crippen molar-refractivity contribution in [3.8, 4) is 0 Å². The number of carboxylic acid groups (broad SMARTS) is 1. The Labute approximate surface area is 212 Å². The fourth-order valence-electron chi connectivity index (χ4n) is 2.86. The monoisotopic (exact) mass is 523 g/mol. The number of amides is 3. The highest BCUT2D eigenvalue weighted by Gasteiger charge is 2.31. The number of halogens is 2. The van der Waals surface area contributed by atoms with E-state index in [1.165, 1.54) is 30.5 Å². The Morgan fingerprint density at radius 1 is 1.14 bits per heavy atom. The molecular weight excluding hydrogens is 497 g/mol. The summed E-state index contributed by atoms with van der Waals surface area (Å²) in [5.41, 5.74) is 0.429. The molecule has 1 atom stereocenters. The number of benzene rings is 1. The van der Waals surface area contributed by atoms with Crippen molar-refractivity contribution in [2.75, 3.05) is 6.54 Å². The molecule has 3 amide bonds. The zero-order chi connectivity index (χ0) is 26.0. The topological polar surface area (TPSA) is 138 Å². The zero-order valence-corrected chi connectivity index (χ0v) is 20.8. The Hall–Kier alpha value is -3.30. The molecule has 0 saturated heterocycles. The lowest BCUT2D eigenvalue weighted by Gasteiger charge is -2.17. The second kappa shape index (κ2) is 13.6. The van der Waals surface area contributed by atoms with Crippen LogP contribution in [0.15, 0.2) is 41.0 Å². The maximum atomic E-state index is 12.6. The van der Waals surface area contributed by atoms with Gasteiger partial charge in [-0.15, -0.1) is 0 Å². The SMILES string of the molecule is CC.O=C(/C=C/c1ccco1)NCc1cc(Cl)c(C(=O)N[C@@H](CNC(=O)C2CC2)C(=O)O)c(Cl)c1. The summed E-state index contributed by atoms with van der Waals surface area (Å²) in [4.78, 5) is 47.8. The Kier molecular flexibility index (Phi) is 10.8. The third kappa shape index (κ3) is 8.77. The van der Waals surface area contributed by atoms with Gasteiger partial charge in [-0.1, -0.05) is 37.0 Å². The summed E-state index contributed by atoms with van der Waals surface area (Å²) in [6.07, 6.45) is 5.84. The smallest absolute Gasteiger partial charge is 0.328 e. The largest absolute Gasteiger partial charge is 0.480 e. The lowest BCUT2D eigenvalue weighted by Crippen LogP contribution is -2.48. The average molecular weight is 524 g/mol. The first-order valence-electron chi connectivity index (χ1n) is 11.0. The van der Waals surface area contributed by atoms with Crippen LogP contribution in [-0.2, 0) is 20.9 Å². The van der Waals surface area contributed by atoms with Crippen molar-refractivity contribution in [1.82, 2.24) is 16.0 Å². The molecule has 9 nitrogen and oxygen atoms in total. The van der Waals surface area contributed by atoms with Crippen molar-refractivity contribution in [1.29, 1.82) is 0 Å². The Morgan fingerprint density at radius 3 is 2.34 bits per heavy atom. The van der Waals surface area contributed by atoms with Gasteiger partial charge in [-0.25, -0.2) is 4.79 Å². The molecule has 0 bridgehead atoms. The second-order valence-electron chi connectivity index (χ2n) is 7.38. The average Bonchev–Trinajstić information content (AvgIpc) is 3.55. The van der Waals surface area contributed by atoms with Crippen molar-refractivity contribution in [2.45, 2.75) is 39.3 Å². The van der Waals surface area contributed by atoms with E-state index in [1.807, 2.05) is 13.8 Å². The summed E-state index contributed by atoms with van der Waals surface area (Å²) < 4.78 is 5.10. The Balaban J connectivity index is 0.00000210. The van der Waals surface area contributed by atoms with E-state index in [-0.39, 0.29) is 46.4 Å². The van der Waals surface area contributed by atoms with Crippen LogP contribution in [0.2, 0.25) is 10.0 Å². The molecule has 0 aliphatic heterocycles. The van der Waals surface area contributed by atoms with Gasteiger partial charge in [-0.3, -0.25) is 14.4 Å². The minimum absolute atomic E-state index is 0.0125. The molecule has 0 spiro atoms.